The number of nitrogens with zero attached hydrogens (tertiary/aromatic N) is 2. The first kappa shape index (κ1) is 19.3. The van der Waals surface area contributed by atoms with Crippen molar-refractivity contribution >= 4 is 21.7 Å². The normalized spacial score (nSPS) is 15.7. The van der Waals surface area contributed by atoms with E-state index in [0.29, 0.717) is 24.5 Å². The average molecular weight is 388 g/mol. The fraction of sp³-hybridized carbons (Fsp3) is 0.368. The quantitative estimate of drug-likeness (QED) is 0.769. The Kier molecular flexibility index (Phi) is 6.08. The lowest BCUT2D eigenvalue weighted by molar-refractivity contribution is 0.0962. The highest BCUT2D eigenvalue weighted by molar-refractivity contribution is 7.89. The molecule has 7 nitrogen and oxygen atoms in total. The number of nitrogens with one attached hydrogen (secondary N) is 2. The van der Waals surface area contributed by atoms with E-state index in [4.69, 9.17) is 0 Å². The Labute approximate surface area is 159 Å². The maximum Gasteiger partial charge on any atom is 0.269 e. The topological polar surface area (TPSA) is 91.4 Å². The summed E-state index contributed by atoms with van der Waals surface area (Å²) in [5, 5.41) is 0. The highest BCUT2D eigenvalue weighted by Crippen LogP contribution is 2.20. The number of pyridine rings is 1. The number of hydrogen-bond acceptors (Lipinski definition) is 5. The SMILES string of the molecule is Cc1ccnc(NNC(=O)c2ccc(S(=O)(=O)N3CCCCCC3)cc2)c1. The fourth-order valence-corrected chi connectivity index (χ4v) is 4.52. The van der Waals surface area contributed by atoms with E-state index in [9.17, 15) is 13.2 Å². The molecule has 144 valence electrons. The van der Waals surface area contributed by atoms with Gasteiger partial charge in [0.25, 0.3) is 5.91 Å². The number of sulfonamides is 1. The second-order valence-electron chi connectivity index (χ2n) is 6.64. The lowest BCUT2D eigenvalue weighted by Crippen LogP contribution is -2.32. The van der Waals surface area contributed by atoms with Crippen LogP contribution in [0.4, 0.5) is 5.82 Å². The van der Waals surface area contributed by atoms with E-state index in [1.165, 1.54) is 24.3 Å². The van der Waals surface area contributed by atoms with Gasteiger partial charge in [0, 0.05) is 24.8 Å². The zero-order valence-corrected chi connectivity index (χ0v) is 16.1. The number of aromatic nitrogens is 1. The molecular formula is C19H24N4O3S. The number of amides is 1. The summed E-state index contributed by atoms with van der Waals surface area (Å²) in [7, 11) is -3.51. The standard InChI is InChI=1S/C19H24N4O3S/c1-15-10-11-20-18(14-15)21-22-19(24)16-6-8-17(9-7-16)27(25,26)23-12-4-2-3-5-13-23/h6-11,14H,2-5,12-13H2,1H3,(H,20,21)(H,22,24). The van der Waals surface area contributed by atoms with Gasteiger partial charge in [0.15, 0.2) is 0 Å². The molecule has 1 aliphatic rings. The monoisotopic (exact) mass is 388 g/mol. The molecule has 1 amide bonds. The molecule has 1 saturated heterocycles. The minimum absolute atomic E-state index is 0.217. The van der Waals surface area contributed by atoms with E-state index in [-0.39, 0.29) is 10.8 Å². The van der Waals surface area contributed by atoms with Crippen LogP contribution in [0.2, 0.25) is 0 Å². The zero-order valence-electron chi connectivity index (χ0n) is 15.3. The fourth-order valence-electron chi connectivity index (χ4n) is 3.01. The van der Waals surface area contributed by atoms with Gasteiger partial charge in [0.2, 0.25) is 10.0 Å². The molecule has 0 radical (unpaired) electrons. The van der Waals surface area contributed by atoms with Crippen LogP contribution in [0.3, 0.4) is 0 Å². The molecule has 0 bridgehead atoms. The van der Waals surface area contributed by atoms with Gasteiger partial charge in [-0.05, 0) is 61.7 Å². The lowest BCUT2D eigenvalue weighted by atomic mass is 10.2. The second-order valence-corrected chi connectivity index (χ2v) is 8.58. The summed E-state index contributed by atoms with van der Waals surface area (Å²) in [4.78, 5) is 16.6. The Hall–Kier alpha value is -2.45. The molecule has 1 fully saturated rings. The molecule has 2 N–H and O–H groups in total. The third-order valence-corrected chi connectivity index (χ3v) is 6.45. The Morgan fingerprint density at radius 1 is 1.04 bits per heavy atom. The van der Waals surface area contributed by atoms with Crippen molar-refractivity contribution in [2.24, 2.45) is 0 Å². The van der Waals surface area contributed by atoms with Crippen LogP contribution in [-0.4, -0.2) is 36.7 Å². The number of benzene rings is 1. The van der Waals surface area contributed by atoms with Crippen molar-refractivity contribution in [1.82, 2.24) is 14.7 Å². The van der Waals surface area contributed by atoms with Crippen molar-refractivity contribution in [3.05, 3.63) is 53.7 Å². The molecular weight excluding hydrogens is 364 g/mol. The summed E-state index contributed by atoms with van der Waals surface area (Å²) in [5.41, 5.74) is 6.70. The van der Waals surface area contributed by atoms with Crippen LogP contribution in [-0.2, 0) is 10.0 Å². The van der Waals surface area contributed by atoms with Gasteiger partial charge in [-0.25, -0.2) is 13.4 Å². The van der Waals surface area contributed by atoms with Crippen LogP contribution >= 0.6 is 0 Å². The summed E-state index contributed by atoms with van der Waals surface area (Å²) in [5.74, 6) is 0.167. The van der Waals surface area contributed by atoms with E-state index in [1.54, 1.807) is 16.6 Å². The molecule has 8 heteroatoms. The van der Waals surface area contributed by atoms with Crippen molar-refractivity contribution in [1.29, 1.82) is 0 Å². The maximum absolute atomic E-state index is 12.8. The van der Waals surface area contributed by atoms with Crippen molar-refractivity contribution in [2.45, 2.75) is 37.5 Å². The number of carbonyl (C=O) groups excluding carboxylic acids is 1. The molecule has 3 rings (SSSR count). The molecule has 0 atom stereocenters. The number of carbonyl (C=O) groups is 1. The molecule has 2 heterocycles. The third kappa shape index (κ3) is 4.84. The highest BCUT2D eigenvalue weighted by atomic mass is 32.2. The van der Waals surface area contributed by atoms with Crippen LogP contribution in [0.25, 0.3) is 0 Å². The summed E-state index contributed by atoms with van der Waals surface area (Å²) in [6.07, 6.45) is 5.55. The van der Waals surface area contributed by atoms with Crippen molar-refractivity contribution < 1.29 is 13.2 Å². The summed E-state index contributed by atoms with van der Waals surface area (Å²) < 4.78 is 27.1. The van der Waals surface area contributed by atoms with Crippen molar-refractivity contribution in [2.75, 3.05) is 18.5 Å². The smallest absolute Gasteiger partial charge is 0.269 e. The third-order valence-electron chi connectivity index (χ3n) is 4.54. The Morgan fingerprint density at radius 3 is 2.33 bits per heavy atom. The first-order chi connectivity index (χ1) is 13.0. The van der Waals surface area contributed by atoms with Crippen molar-refractivity contribution in [3.8, 4) is 0 Å². The van der Waals surface area contributed by atoms with Gasteiger partial charge in [-0.3, -0.25) is 15.6 Å². The molecule has 0 saturated carbocycles. The van der Waals surface area contributed by atoms with E-state index < -0.39 is 10.0 Å². The van der Waals surface area contributed by atoms with Gasteiger partial charge >= 0.3 is 0 Å². The van der Waals surface area contributed by atoms with Crippen LogP contribution in [0.1, 0.15) is 41.6 Å². The number of anilines is 1. The minimum Gasteiger partial charge on any atom is -0.282 e. The Balaban J connectivity index is 1.66. The van der Waals surface area contributed by atoms with Gasteiger partial charge in [0.1, 0.15) is 5.82 Å². The predicted molar refractivity (Wildman–Crippen MR) is 104 cm³/mol. The van der Waals surface area contributed by atoms with E-state index >= 15 is 0 Å². The lowest BCUT2D eigenvalue weighted by Gasteiger charge is -2.20. The highest BCUT2D eigenvalue weighted by Gasteiger charge is 2.25. The van der Waals surface area contributed by atoms with Gasteiger partial charge in [-0.15, -0.1) is 0 Å². The average Bonchev–Trinajstić information content (AvgIpc) is 2.96. The van der Waals surface area contributed by atoms with E-state index in [2.05, 4.69) is 15.8 Å². The van der Waals surface area contributed by atoms with Crippen LogP contribution < -0.4 is 10.9 Å². The van der Waals surface area contributed by atoms with Gasteiger partial charge in [-0.1, -0.05) is 12.8 Å². The maximum atomic E-state index is 12.8. The van der Waals surface area contributed by atoms with E-state index in [0.717, 1.165) is 31.2 Å². The molecule has 1 aliphatic heterocycles. The van der Waals surface area contributed by atoms with Crippen molar-refractivity contribution in [3.63, 3.8) is 0 Å². The molecule has 27 heavy (non-hydrogen) atoms. The molecule has 0 unspecified atom stereocenters. The Morgan fingerprint density at radius 2 is 1.70 bits per heavy atom. The first-order valence-corrected chi connectivity index (χ1v) is 10.5. The summed E-state index contributed by atoms with van der Waals surface area (Å²) >= 11 is 0. The number of hydrazine groups is 1. The number of hydrogen-bond donors (Lipinski definition) is 2. The largest absolute Gasteiger partial charge is 0.282 e. The summed E-state index contributed by atoms with van der Waals surface area (Å²) in [6.45, 7) is 3.04. The van der Waals surface area contributed by atoms with Gasteiger partial charge in [-0.2, -0.15) is 4.31 Å². The van der Waals surface area contributed by atoms with Gasteiger partial charge in [0.05, 0.1) is 4.90 Å². The Bertz CT molecular complexity index is 889. The summed E-state index contributed by atoms with van der Waals surface area (Å²) in [6, 6.07) is 9.67. The predicted octanol–water partition coefficient (Wildman–Crippen LogP) is 2.71. The van der Waals surface area contributed by atoms with Gasteiger partial charge < -0.3 is 0 Å². The van der Waals surface area contributed by atoms with Crippen LogP contribution in [0, 0.1) is 6.92 Å². The first-order valence-electron chi connectivity index (χ1n) is 9.06. The van der Waals surface area contributed by atoms with Crippen LogP contribution in [0.15, 0.2) is 47.5 Å². The molecule has 1 aromatic carbocycles. The molecule has 0 aliphatic carbocycles. The minimum atomic E-state index is -3.51. The number of aryl methyl sites for hydroxylation is 1. The second kappa shape index (κ2) is 8.49. The molecule has 2 aromatic rings. The van der Waals surface area contributed by atoms with E-state index in [1.807, 2.05) is 13.0 Å². The molecule has 0 spiro atoms. The van der Waals surface area contributed by atoms with Crippen LogP contribution in [0.5, 0.6) is 0 Å². The number of rotatable bonds is 5. The zero-order chi connectivity index (χ0) is 19.3. The molecule has 1 aromatic heterocycles.